The number of anilines is 2. The lowest BCUT2D eigenvalue weighted by molar-refractivity contribution is -0.114. The van der Waals surface area contributed by atoms with Crippen LogP contribution >= 0.6 is 0 Å². The molecule has 2 aromatic carbocycles. The molecule has 0 aliphatic heterocycles. The lowest BCUT2D eigenvalue weighted by atomic mass is 10.1. The van der Waals surface area contributed by atoms with Crippen LogP contribution in [-0.2, 0) is 14.8 Å². The number of hydrogen-bond acceptors (Lipinski definition) is 4. The van der Waals surface area contributed by atoms with Crippen LogP contribution in [0.25, 0.3) is 10.9 Å². The monoisotopic (exact) mass is 383 g/mol. The molecule has 6 nitrogen and oxygen atoms in total. The van der Waals surface area contributed by atoms with Crippen LogP contribution in [0.3, 0.4) is 0 Å². The lowest BCUT2D eigenvalue weighted by Crippen LogP contribution is -2.37. The van der Waals surface area contributed by atoms with E-state index in [0.717, 1.165) is 27.1 Å². The molecule has 0 fully saturated rings. The summed E-state index contributed by atoms with van der Waals surface area (Å²) in [6, 6.07) is 14.5. The third kappa shape index (κ3) is 4.09. The zero-order chi connectivity index (χ0) is 19.6. The number of pyridine rings is 1. The molecule has 0 spiro atoms. The predicted octanol–water partition coefficient (Wildman–Crippen LogP) is 3.26. The fourth-order valence-corrected chi connectivity index (χ4v) is 3.73. The summed E-state index contributed by atoms with van der Waals surface area (Å²) in [6.07, 6.45) is 2.68. The Morgan fingerprint density at radius 1 is 1.07 bits per heavy atom. The normalized spacial score (nSPS) is 11.4. The summed E-state index contributed by atoms with van der Waals surface area (Å²) in [5.74, 6) is -0.415. The standard InChI is InChI=1S/C20H21N3O3S/c1-14-7-4-10-17(15(14)2)22-19(24)13-23(27(3,25)26)18-11-5-8-16-9-6-12-21-20(16)18/h4-12H,13H2,1-3H3,(H,22,24). The van der Waals surface area contributed by atoms with Gasteiger partial charge < -0.3 is 5.32 Å². The van der Waals surface area contributed by atoms with E-state index in [4.69, 9.17) is 0 Å². The van der Waals surface area contributed by atoms with Crippen LogP contribution in [-0.4, -0.2) is 32.1 Å². The van der Waals surface area contributed by atoms with Crippen molar-refractivity contribution in [3.8, 4) is 0 Å². The number of nitrogens with one attached hydrogen (secondary N) is 1. The van der Waals surface area contributed by atoms with Crippen molar-refractivity contribution in [3.63, 3.8) is 0 Å². The lowest BCUT2D eigenvalue weighted by Gasteiger charge is -2.23. The summed E-state index contributed by atoms with van der Waals surface area (Å²) in [6.45, 7) is 3.53. The van der Waals surface area contributed by atoms with E-state index in [2.05, 4.69) is 10.3 Å². The molecule has 0 radical (unpaired) electrons. The third-order valence-electron chi connectivity index (χ3n) is 4.45. The molecule has 0 atom stereocenters. The Morgan fingerprint density at radius 2 is 1.78 bits per heavy atom. The van der Waals surface area contributed by atoms with E-state index in [1.165, 1.54) is 0 Å². The summed E-state index contributed by atoms with van der Waals surface area (Å²) < 4.78 is 25.9. The van der Waals surface area contributed by atoms with Crippen LogP contribution in [0.2, 0.25) is 0 Å². The Kier molecular flexibility index (Phi) is 5.14. The number of para-hydroxylation sites is 1. The number of aromatic nitrogens is 1. The Bertz CT molecular complexity index is 1110. The highest BCUT2D eigenvalue weighted by molar-refractivity contribution is 7.92. The minimum Gasteiger partial charge on any atom is -0.324 e. The van der Waals surface area contributed by atoms with Gasteiger partial charge in [-0.3, -0.25) is 14.1 Å². The molecule has 140 valence electrons. The second-order valence-corrected chi connectivity index (χ2v) is 8.32. The summed E-state index contributed by atoms with van der Waals surface area (Å²) in [7, 11) is -3.68. The third-order valence-corrected chi connectivity index (χ3v) is 5.57. The molecule has 3 rings (SSSR count). The fourth-order valence-electron chi connectivity index (χ4n) is 2.88. The Balaban J connectivity index is 1.95. The Labute approximate surface area is 158 Å². The smallest absolute Gasteiger partial charge is 0.245 e. The first-order valence-electron chi connectivity index (χ1n) is 8.45. The van der Waals surface area contributed by atoms with Crippen molar-refractivity contribution in [1.82, 2.24) is 4.98 Å². The van der Waals surface area contributed by atoms with Crippen molar-refractivity contribution >= 4 is 38.2 Å². The second kappa shape index (κ2) is 7.36. The number of carbonyl (C=O) groups excluding carboxylic acids is 1. The van der Waals surface area contributed by atoms with E-state index < -0.39 is 15.9 Å². The molecule has 1 heterocycles. The van der Waals surface area contributed by atoms with E-state index in [-0.39, 0.29) is 6.54 Å². The van der Waals surface area contributed by atoms with E-state index in [9.17, 15) is 13.2 Å². The highest BCUT2D eigenvalue weighted by Gasteiger charge is 2.23. The zero-order valence-electron chi connectivity index (χ0n) is 15.4. The predicted molar refractivity (Wildman–Crippen MR) is 108 cm³/mol. The number of rotatable bonds is 5. The van der Waals surface area contributed by atoms with Crippen LogP contribution in [0.4, 0.5) is 11.4 Å². The van der Waals surface area contributed by atoms with Crippen molar-refractivity contribution in [3.05, 3.63) is 65.9 Å². The molecule has 27 heavy (non-hydrogen) atoms. The quantitative estimate of drug-likeness (QED) is 0.733. The van der Waals surface area contributed by atoms with Gasteiger partial charge in [0, 0.05) is 17.3 Å². The Morgan fingerprint density at radius 3 is 2.52 bits per heavy atom. The number of hydrogen-bond donors (Lipinski definition) is 1. The van der Waals surface area contributed by atoms with Crippen LogP contribution < -0.4 is 9.62 Å². The average molecular weight is 383 g/mol. The Hall–Kier alpha value is -2.93. The maximum Gasteiger partial charge on any atom is 0.245 e. The van der Waals surface area contributed by atoms with Gasteiger partial charge in [-0.1, -0.05) is 30.3 Å². The van der Waals surface area contributed by atoms with Gasteiger partial charge in [0.05, 0.1) is 17.5 Å². The molecule has 1 N–H and O–H groups in total. The van der Waals surface area contributed by atoms with Gasteiger partial charge in [0.1, 0.15) is 6.54 Å². The SMILES string of the molecule is Cc1cccc(NC(=O)CN(c2cccc3cccnc23)S(C)(=O)=O)c1C. The summed E-state index contributed by atoms with van der Waals surface area (Å²) in [5, 5.41) is 3.61. The largest absolute Gasteiger partial charge is 0.324 e. The fraction of sp³-hybridized carbons (Fsp3) is 0.200. The van der Waals surface area contributed by atoms with Gasteiger partial charge in [-0.15, -0.1) is 0 Å². The van der Waals surface area contributed by atoms with Crippen molar-refractivity contribution in [2.75, 3.05) is 22.4 Å². The highest BCUT2D eigenvalue weighted by atomic mass is 32.2. The number of amides is 1. The van der Waals surface area contributed by atoms with E-state index in [1.54, 1.807) is 30.5 Å². The molecule has 7 heteroatoms. The van der Waals surface area contributed by atoms with Gasteiger partial charge in [0.15, 0.2) is 0 Å². The molecule has 1 aromatic heterocycles. The van der Waals surface area contributed by atoms with E-state index in [0.29, 0.717) is 16.9 Å². The topological polar surface area (TPSA) is 79.4 Å². The molecule has 3 aromatic rings. The molecular weight excluding hydrogens is 362 g/mol. The minimum atomic E-state index is -3.68. The second-order valence-electron chi connectivity index (χ2n) is 6.42. The van der Waals surface area contributed by atoms with Crippen molar-refractivity contribution in [2.45, 2.75) is 13.8 Å². The van der Waals surface area contributed by atoms with Gasteiger partial charge in [0.2, 0.25) is 15.9 Å². The molecule has 0 aliphatic carbocycles. The number of nitrogens with zero attached hydrogens (tertiary/aromatic N) is 2. The number of fused-ring (bicyclic) bond motifs is 1. The van der Waals surface area contributed by atoms with Gasteiger partial charge in [-0.05, 0) is 43.2 Å². The molecule has 0 aliphatic rings. The minimum absolute atomic E-state index is 0.331. The van der Waals surface area contributed by atoms with Crippen molar-refractivity contribution < 1.29 is 13.2 Å². The molecular formula is C20H21N3O3S. The number of aryl methyl sites for hydroxylation is 1. The molecule has 0 bridgehead atoms. The zero-order valence-corrected chi connectivity index (χ0v) is 16.2. The number of sulfonamides is 1. The van der Waals surface area contributed by atoms with Crippen LogP contribution in [0.1, 0.15) is 11.1 Å². The maximum absolute atomic E-state index is 12.6. The van der Waals surface area contributed by atoms with E-state index >= 15 is 0 Å². The number of carbonyl (C=O) groups is 1. The van der Waals surface area contributed by atoms with Gasteiger partial charge in [0.25, 0.3) is 0 Å². The summed E-state index contributed by atoms with van der Waals surface area (Å²) in [4.78, 5) is 16.9. The van der Waals surface area contributed by atoms with Crippen molar-refractivity contribution in [2.24, 2.45) is 0 Å². The summed E-state index contributed by atoms with van der Waals surface area (Å²) in [5.41, 5.74) is 3.58. The van der Waals surface area contributed by atoms with Gasteiger partial charge >= 0.3 is 0 Å². The molecule has 0 saturated heterocycles. The highest BCUT2D eigenvalue weighted by Crippen LogP contribution is 2.27. The summed E-state index contributed by atoms with van der Waals surface area (Å²) >= 11 is 0. The van der Waals surface area contributed by atoms with E-state index in [1.807, 2.05) is 38.1 Å². The molecule has 0 saturated carbocycles. The van der Waals surface area contributed by atoms with Crippen LogP contribution in [0.15, 0.2) is 54.7 Å². The first kappa shape index (κ1) is 18.8. The average Bonchev–Trinajstić information content (AvgIpc) is 2.62. The maximum atomic E-state index is 12.6. The first-order chi connectivity index (χ1) is 12.8. The van der Waals surface area contributed by atoms with Crippen LogP contribution in [0.5, 0.6) is 0 Å². The first-order valence-corrected chi connectivity index (χ1v) is 10.3. The molecule has 1 amide bonds. The van der Waals surface area contributed by atoms with Gasteiger partial charge in [-0.2, -0.15) is 0 Å². The van der Waals surface area contributed by atoms with Crippen LogP contribution in [0, 0.1) is 13.8 Å². The van der Waals surface area contributed by atoms with Crippen molar-refractivity contribution in [1.29, 1.82) is 0 Å². The van der Waals surface area contributed by atoms with Gasteiger partial charge in [-0.25, -0.2) is 8.42 Å². The molecule has 0 unspecified atom stereocenters. The number of benzene rings is 2.